The highest BCUT2D eigenvalue weighted by Gasteiger charge is 2.32. The molecule has 3 rings (SSSR count). The Bertz CT molecular complexity index is 985. The first-order chi connectivity index (χ1) is 13.5. The number of rotatable bonds is 2. The summed E-state index contributed by atoms with van der Waals surface area (Å²) < 4.78 is 1.21. The predicted molar refractivity (Wildman–Crippen MR) is 125 cm³/mol. The quantitative estimate of drug-likeness (QED) is 0.422. The minimum absolute atomic E-state index is 0.250. The maximum absolute atomic E-state index is 13.1. The number of aliphatic imine (C=N–C) groups is 2. The molecule has 144 valence electrons. The van der Waals surface area contributed by atoms with Crippen LogP contribution in [0.5, 0.6) is 0 Å². The van der Waals surface area contributed by atoms with E-state index in [1.165, 1.54) is 9.13 Å². The van der Waals surface area contributed by atoms with E-state index in [0.717, 1.165) is 35.5 Å². The molecule has 1 aliphatic heterocycles. The highest BCUT2D eigenvalue weighted by molar-refractivity contribution is 14.1. The molecule has 0 unspecified atom stereocenters. The van der Waals surface area contributed by atoms with Gasteiger partial charge in [0.05, 0.1) is 17.1 Å². The molecule has 4 nitrogen and oxygen atoms in total. The van der Waals surface area contributed by atoms with Crippen molar-refractivity contribution in [3.05, 3.63) is 50.8 Å². The zero-order valence-electron chi connectivity index (χ0n) is 16.7. The van der Waals surface area contributed by atoms with Crippen LogP contribution >= 0.6 is 22.6 Å². The lowest BCUT2D eigenvalue weighted by Gasteiger charge is -2.26. The molecule has 1 fully saturated rings. The normalized spacial score (nSPS) is 18.7. The van der Waals surface area contributed by atoms with Gasteiger partial charge in [-0.3, -0.25) is 14.7 Å². The number of aryl methyl sites for hydroxylation is 1. The minimum Gasteiger partial charge on any atom is -0.286 e. The maximum atomic E-state index is 13.1. The fraction of sp³-hybridized carbons (Fsp3) is 0.348. The lowest BCUT2D eigenvalue weighted by Crippen LogP contribution is -2.37. The van der Waals surface area contributed by atoms with Crippen molar-refractivity contribution in [3.8, 4) is 11.8 Å². The van der Waals surface area contributed by atoms with Gasteiger partial charge in [0.1, 0.15) is 5.84 Å². The molecule has 1 aromatic carbocycles. The third-order valence-electron chi connectivity index (χ3n) is 4.77. The van der Waals surface area contributed by atoms with Crippen molar-refractivity contribution < 1.29 is 4.79 Å². The van der Waals surface area contributed by atoms with Crippen molar-refractivity contribution >= 4 is 45.7 Å². The Kier molecular flexibility index (Phi) is 6.50. The van der Waals surface area contributed by atoms with E-state index in [-0.39, 0.29) is 5.91 Å². The molecule has 0 radical (unpaired) electrons. The smallest absolute Gasteiger partial charge is 0.286 e. The molecule has 0 spiro atoms. The van der Waals surface area contributed by atoms with Crippen molar-refractivity contribution in [2.45, 2.75) is 46.0 Å². The van der Waals surface area contributed by atoms with Crippen molar-refractivity contribution in [1.29, 1.82) is 0 Å². The van der Waals surface area contributed by atoms with Gasteiger partial charge in [0.15, 0.2) is 0 Å². The maximum Gasteiger partial charge on any atom is 0.308 e. The Morgan fingerprint density at radius 1 is 1.39 bits per heavy atom. The van der Waals surface area contributed by atoms with Crippen LogP contribution in [0, 0.1) is 22.3 Å². The van der Waals surface area contributed by atoms with Crippen LogP contribution in [0.25, 0.3) is 0 Å². The summed E-state index contributed by atoms with van der Waals surface area (Å²) in [6.45, 7) is 5.93. The third-order valence-corrected chi connectivity index (χ3v) is 5.93. The molecular formula is C23H24IN3O. The highest BCUT2D eigenvalue weighted by Crippen LogP contribution is 2.45. The van der Waals surface area contributed by atoms with Crippen LogP contribution in [0.3, 0.4) is 0 Å². The summed E-state index contributed by atoms with van der Waals surface area (Å²) in [5.41, 5.74) is 4.81. The largest absolute Gasteiger partial charge is 0.308 e. The number of benzene rings is 1. The minimum atomic E-state index is -0.250. The number of carbonyl (C=O) groups excluding carboxylic acids is 1. The lowest BCUT2D eigenvalue weighted by molar-refractivity contribution is -0.112. The Morgan fingerprint density at radius 3 is 2.75 bits per heavy atom. The van der Waals surface area contributed by atoms with E-state index in [2.05, 4.69) is 58.5 Å². The lowest BCUT2D eigenvalue weighted by atomic mass is 10.0. The van der Waals surface area contributed by atoms with Gasteiger partial charge in [0.2, 0.25) is 0 Å². The van der Waals surface area contributed by atoms with Crippen molar-refractivity contribution in [2.75, 3.05) is 11.9 Å². The molecule has 1 aromatic rings. The Balaban J connectivity index is 2.17. The molecule has 0 bridgehead atoms. The number of dihydropyridines is 1. The first-order valence-corrected chi connectivity index (χ1v) is 10.6. The number of allylic oxidation sites excluding steroid dienone is 2. The average molecular weight is 485 g/mol. The zero-order valence-corrected chi connectivity index (χ0v) is 18.9. The summed E-state index contributed by atoms with van der Waals surface area (Å²) in [7, 11) is 1.74. The van der Waals surface area contributed by atoms with Crippen LogP contribution in [0.2, 0.25) is 0 Å². The molecule has 0 saturated heterocycles. The number of nitrogens with zero attached hydrogens (tertiary/aromatic N) is 3. The van der Waals surface area contributed by atoms with Gasteiger partial charge in [-0.15, -0.1) is 0 Å². The van der Waals surface area contributed by atoms with E-state index in [9.17, 15) is 4.79 Å². The molecular weight excluding hydrogens is 461 g/mol. The first kappa shape index (κ1) is 20.5. The van der Waals surface area contributed by atoms with Gasteiger partial charge in [-0.25, -0.2) is 4.99 Å². The van der Waals surface area contributed by atoms with Crippen LogP contribution in [-0.2, 0) is 4.79 Å². The molecule has 0 aromatic heterocycles. The second-order valence-electron chi connectivity index (χ2n) is 6.82. The van der Waals surface area contributed by atoms with Gasteiger partial charge < -0.3 is 0 Å². The van der Waals surface area contributed by atoms with E-state index in [1.54, 1.807) is 11.9 Å². The Labute approximate surface area is 180 Å². The number of amides is 1. The number of anilines is 1. The number of amidine groups is 1. The Morgan fingerprint density at radius 2 is 2.14 bits per heavy atom. The molecule has 1 aliphatic carbocycles. The molecule has 0 atom stereocenters. The third kappa shape index (κ3) is 4.27. The van der Waals surface area contributed by atoms with Crippen LogP contribution in [-0.4, -0.2) is 24.5 Å². The molecule has 28 heavy (non-hydrogen) atoms. The van der Waals surface area contributed by atoms with Crippen LogP contribution < -0.4 is 4.90 Å². The second-order valence-corrected chi connectivity index (χ2v) is 7.98. The zero-order chi connectivity index (χ0) is 20.3. The molecule has 1 saturated carbocycles. The molecule has 1 heterocycles. The summed E-state index contributed by atoms with van der Waals surface area (Å²) in [5, 5.41) is 0. The van der Waals surface area contributed by atoms with Crippen LogP contribution in [0.15, 0.2) is 46.0 Å². The standard InChI is InChI=1S/C23H24IN3O/c1-5-7-8-23(28)27(22-12-11-20(25-4)19(6-2)26-22)21-13-15(3)18(24)14-17(21)16-9-10-16/h6,11-14,16H,5,9-10H2,1-4H3/b19-6+,25-20?. The topological polar surface area (TPSA) is 45.0 Å². The SMILES string of the molecule is C/C=C1/N=C(N(C(=O)C#CCC)c2cc(C)c(I)cc2C2CC2)C=CC1=NC. The molecule has 0 N–H and O–H groups in total. The fourth-order valence-electron chi connectivity index (χ4n) is 3.14. The monoisotopic (exact) mass is 485 g/mol. The Hall–Kier alpha value is -2.20. The summed E-state index contributed by atoms with van der Waals surface area (Å²) in [5.74, 6) is 6.52. The summed E-state index contributed by atoms with van der Waals surface area (Å²) in [6, 6.07) is 4.30. The molecule has 1 amide bonds. The number of carbonyl (C=O) groups is 1. The first-order valence-electron chi connectivity index (χ1n) is 9.53. The number of hydrogen-bond donors (Lipinski definition) is 0. The average Bonchev–Trinajstić information content (AvgIpc) is 3.54. The second kappa shape index (κ2) is 8.87. The van der Waals surface area contributed by atoms with Gasteiger partial charge in [0.25, 0.3) is 0 Å². The van der Waals surface area contributed by atoms with Gasteiger partial charge in [-0.2, -0.15) is 0 Å². The van der Waals surface area contributed by atoms with Crippen molar-refractivity contribution in [2.24, 2.45) is 9.98 Å². The van der Waals surface area contributed by atoms with E-state index < -0.39 is 0 Å². The van der Waals surface area contributed by atoms with E-state index in [0.29, 0.717) is 18.2 Å². The van der Waals surface area contributed by atoms with Gasteiger partial charge in [0, 0.05) is 17.0 Å². The summed E-state index contributed by atoms with van der Waals surface area (Å²) in [4.78, 5) is 23.8. The van der Waals surface area contributed by atoms with Gasteiger partial charge in [-0.1, -0.05) is 18.9 Å². The number of halogens is 1. The van der Waals surface area contributed by atoms with E-state index in [4.69, 9.17) is 4.99 Å². The summed E-state index contributed by atoms with van der Waals surface area (Å²) >= 11 is 2.36. The number of hydrogen-bond acceptors (Lipinski definition) is 3. The van der Waals surface area contributed by atoms with Crippen molar-refractivity contribution in [1.82, 2.24) is 0 Å². The van der Waals surface area contributed by atoms with Gasteiger partial charge >= 0.3 is 5.91 Å². The summed E-state index contributed by atoms with van der Waals surface area (Å²) in [6.07, 6.45) is 8.61. The van der Waals surface area contributed by atoms with Crippen molar-refractivity contribution in [3.63, 3.8) is 0 Å². The predicted octanol–water partition coefficient (Wildman–Crippen LogP) is 5.17. The van der Waals surface area contributed by atoms with E-state index in [1.807, 2.05) is 32.1 Å². The molecule has 5 heteroatoms. The van der Waals surface area contributed by atoms with Crippen LogP contribution in [0.1, 0.15) is 50.2 Å². The molecule has 2 aliphatic rings. The highest BCUT2D eigenvalue weighted by atomic mass is 127. The fourth-order valence-corrected chi connectivity index (χ4v) is 3.63. The van der Waals surface area contributed by atoms with Gasteiger partial charge in [-0.05, 0) is 96.5 Å². The van der Waals surface area contributed by atoms with Crippen LogP contribution in [0.4, 0.5) is 5.69 Å². The van der Waals surface area contributed by atoms with E-state index >= 15 is 0 Å².